The number of nitrogens with two attached hydrogens (primary N) is 1. The Labute approximate surface area is 212 Å². The molecule has 1 fully saturated rings. The molecule has 6 heteroatoms. The quantitative estimate of drug-likeness (QED) is 0.433. The van der Waals surface area contributed by atoms with E-state index < -0.39 is 6.04 Å². The second-order valence-electron chi connectivity index (χ2n) is 9.51. The minimum absolute atomic E-state index is 0.0219. The van der Waals surface area contributed by atoms with Crippen LogP contribution in [0.4, 0.5) is 5.69 Å². The summed E-state index contributed by atoms with van der Waals surface area (Å²) in [5.41, 5.74) is 10.3. The molecule has 0 unspecified atom stereocenters. The fourth-order valence-electron chi connectivity index (χ4n) is 4.69. The molecule has 2 amide bonds. The number of amides is 2. The zero-order chi connectivity index (χ0) is 24.9. The van der Waals surface area contributed by atoms with E-state index in [9.17, 15) is 9.59 Å². The lowest BCUT2D eigenvalue weighted by Crippen LogP contribution is -2.52. The Hall–Kier alpha value is -3.31. The van der Waals surface area contributed by atoms with Gasteiger partial charge in [0, 0.05) is 34.9 Å². The number of piperidine rings is 1. The van der Waals surface area contributed by atoms with E-state index in [1.165, 1.54) is 5.56 Å². The van der Waals surface area contributed by atoms with Crippen LogP contribution in [0.25, 0.3) is 11.1 Å². The summed E-state index contributed by atoms with van der Waals surface area (Å²) in [6, 6.07) is 22.3. The van der Waals surface area contributed by atoms with Gasteiger partial charge in [-0.2, -0.15) is 0 Å². The third-order valence-corrected chi connectivity index (χ3v) is 7.02. The van der Waals surface area contributed by atoms with Crippen LogP contribution in [0.2, 0.25) is 5.02 Å². The molecule has 0 aliphatic carbocycles. The highest BCUT2D eigenvalue weighted by molar-refractivity contribution is 6.30. The molecule has 1 aliphatic rings. The first-order valence-electron chi connectivity index (χ1n) is 12.1. The number of likely N-dealkylation sites (tertiary alicyclic amines) is 1. The lowest BCUT2D eigenvalue weighted by Gasteiger charge is -2.35. The maximum Gasteiger partial charge on any atom is 0.251 e. The summed E-state index contributed by atoms with van der Waals surface area (Å²) < 4.78 is 0. The molecule has 1 saturated heterocycles. The van der Waals surface area contributed by atoms with Crippen LogP contribution in [0.3, 0.4) is 0 Å². The number of nitrogens with one attached hydrogen (secondary N) is 1. The second-order valence-corrected chi connectivity index (χ2v) is 9.95. The van der Waals surface area contributed by atoms with Gasteiger partial charge in [-0.3, -0.25) is 9.59 Å². The molecule has 4 rings (SSSR count). The SMILES string of the molecule is CC(C)[C@@H](NC(=O)c1cccc(-c2ccccc2N)c1)C(=O)N1CCC(c2ccc(Cl)cc2)CC1. The fraction of sp³-hybridized carbons (Fsp3) is 0.310. The molecule has 3 aromatic rings. The highest BCUT2D eigenvalue weighted by Gasteiger charge is 2.31. The number of halogens is 1. The van der Waals surface area contributed by atoms with Crippen LogP contribution in [0.1, 0.15) is 48.5 Å². The van der Waals surface area contributed by atoms with E-state index in [2.05, 4.69) is 17.4 Å². The predicted octanol–water partition coefficient (Wildman–Crippen LogP) is 5.75. The lowest BCUT2D eigenvalue weighted by molar-refractivity contribution is -0.135. The Morgan fingerprint density at radius 1 is 0.971 bits per heavy atom. The molecular formula is C29H32ClN3O2. The molecular weight excluding hydrogens is 458 g/mol. The smallest absolute Gasteiger partial charge is 0.251 e. The molecule has 3 N–H and O–H groups in total. The van der Waals surface area contributed by atoms with Gasteiger partial charge in [-0.1, -0.05) is 67.9 Å². The molecule has 0 aromatic heterocycles. The molecule has 0 radical (unpaired) electrons. The number of rotatable bonds is 6. The van der Waals surface area contributed by atoms with Crippen molar-refractivity contribution in [2.45, 2.75) is 38.6 Å². The van der Waals surface area contributed by atoms with Crippen molar-refractivity contribution in [2.24, 2.45) is 5.92 Å². The van der Waals surface area contributed by atoms with Crippen LogP contribution in [0.5, 0.6) is 0 Å². The van der Waals surface area contributed by atoms with Gasteiger partial charge in [-0.15, -0.1) is 0 Å². The predicted molar refractivity (Wildman–Crippen MR) is 142 cm³/mol. The van der Waals surface area contributed by atoms with Gasteiger partial charge in [0.1, 0.15) is 6.04 Å². The summed E-state index contributed by atoms with van der Waals surface area (Å²) in [6.45, 7) is 5.27. The minimum atomic E-state index is -0.583. The number of para-hydroxylation sites is 1. The van der Waals surface area contributed by atoms with Crippen molar-refractivity contribution in [1.29, 1.82) is 0 Å². The molecule has 5 nitrogen and oxygen atoms in total. The molecule has 0 spiro atoms. The molecule has 1 heterocycles. The van der Waals surface area contributed by atoms with Crippen molar-refractivity contribution >= 4 is 29.1 Å². The maximum atomic E-state index is 13.4. The molecule has 182 valence electrons. The average Bonchev–Trinajstić information content (AvgIpc) is 2.87. The Morgan fingerprint density at radius 3 is 2.31 bits per heavy atom. The molecule has 1 aliphatic heterocycles. The summed E-state index contributed by atoms with van der Waals surface area (Å²) in [5, 5.41) is 3.73. The van der Waals surface area contributed by atoms with Gasteiger partial charge in [0.2, 0.25) is 5.91 Å². The van der Waals surface area contributed by atoms with Gasteiger partial charge in [-0.05, 0) is 66.1 Å². The topological polar surface area (TPSA) is 75.4 Å². The minimum Gasteiger partial charge on any atom is -0.398 e. The number of carbonyl (C=O) groups excluding carboxylic acids is 2. The maximum absolute atomic E-state index is 13.4. The second kappa shape index (κ2) is 11.0. The van der Waals surface area contributed by atoms with Crippen molar-refractivity contribution in [2.75, 3.05) is 18.8 Å². The summed E-state index contributed by atoms with van der Waals surface area (Å²) >= 11 is 6.02. The first-order valence-corrected chi connectivity index (χ1v) is 12.5. The van der Waals surface area contributed by atoms with Gasteiger partial charge in [0.05, 0.1) is 0 Å². The van der Waals surface area contributed by atoms with Crippen LogP contribution < -0.4 is 11.1 Å². The largest absolute Gasteiger partial charge is 0.398 e. The van der Waals surface area contributed by atoms with Gasteiger partial charge < -0.3 is 16.0 Å². The van der Waals surface area contributed by atoms with Crippen LogP contribution in [0.15, 0.2) is 72.8 Å². The van der Waals surface area contributed by atoms with E-state index >= 15 is 0 Å². The number of nitrogens with zero attached hydrogens (tertiary/aromatic N) is 1. The number of nitrogen functional groups attached to an aromatic ring is 1. The first kappa shape index (κ1) is 24.8. The Bertz CT molecular complexity index is 1180. The Morgan fingerprint density at radius 2 is 1.66 bits per heavy atom. The molecule has 0 saturated carbocycles. The van der Waals surface area contributed by atoms with E-state index in [0.29, 0.717) is 30.3 Å². The normalized spacial score (nSPS) is 15.1. The summed E-state index contributed by atoms with van der Waals surface area (Å²) in [7, 11) is 0. The van der Waals surface area contributed by atoms with Crippen LogP contribution in [-0.2, 0) is 4.79 Å². The summed E-state index contributed by atoms with van der Waals surface area (Å²) in [6.07, 6.45) is 1.79. The fourth-order valence-corrected chi connectivity index (χ4v) is 4.82. The van der Waals surface area contributed by atoms with Gasteiger partial charge in [-0.25, -0.2) is 0 Å². The van der Waals surface area contributed by atoms with Gasteiger partial charge in [0.25, 0.3) is 5.91 Å². The molecule has 0 bridgehead atoms. The van der Waals surface area contributed by atoms with E-state index in [1.54, 1.807) is 6.07 Å². The average molecular weight is 490 g/mol. The van der Waals surface area contributed by atoms with Crippen molar-refractivity contribution in [3.8, 4) is 11.1 Å². The van der Waals surface area contributed by atoms with E-state index in [0.717, 1.165) is 29.0 Å². The molecule has 1 atom stereocenters. The van der Waals surface area contributed by atoms with Gasteiger partial charge in [0.15, 0.2) is 0 Å². The molecule has 35 heavy (non-hydrogen) atoms. The summed E-state index contributed by atoms with van der Waals surface area (Å²) in [5.74, 6) is 0.0979. The zero-order valence-corrected chi connectivity index (χ0v) is 21.0. The monoisotopic (exact) mass is 489 g/mol. The third-order valence-electron chi connectivity index (χ3n) is 6.76. The number of hydrogen-bond acceptors (Lipinski definition) is 3. The van der Waals surface area contributed by atoms with Crippen molar-refractivity contribution in [1.82, 2.24) is 10.2 Å². The highest BCUT2D eigenvalue weighted by Crippen LogP contribution is 2.30. The lowest BCUT2D eigenvalue weighted by atomic mass is 9.89. The third kappa shape index (κ3) is 5.85. The molecule has 3 aromatic carbocycles. The Kier molecular flexibility index (Phi) is 7.76. The summed E-state index contributed by atoms with van der Waals surface area (Å²) in [4.78, 5) is 28.4. The standard InChI is InChI=1S/C29H32ClN3O2/c1-19(2)27(29(35)33-16-14-21(15-17-33)20-10-12-24(30)13-11-20)32-28(34)23-7-5-6-22(18-23)25-8-3-4-9-26(25)31/h3-13,18-19,21,27H,14-17,31H2,1-2H3,(H,32,34)/t27-/m1/s1. The number of anilines is 1. The van der Waals surface area contributed by atoms with Crippen molar-refractivity contribution in [3.05, 3.63) is 88.9 Å². The highest BCUT2D eigenvalue weighted by atomic mass is 35.5. The van der Waals surface area contributed by atoms with E-state index in [4.69, 9.17) is 17.3 Å². The number of hydrogen-bond donors (Lipinski definition) is 2. The van der Waals surface area contributed by atoms with Crippen LogP contribution >= 0.6 is 11.6 Å². The zero-order valence-electron chi connectivity index (χ0n) is 20.2. The van der Waals surface area contributed by atoms with E-state index in [1.807, 2.05) is 73.3 Å². The van der Waals surface area contributed by atoms with Crippen LogP contribution in [0, 0.1) is 5.92 Å². The Balaban J connectivity index is 1.42. The van der Waals surface area contributed by atoms with E-state index in [-0.39, 0.29) is 17.7 Å². The number of carbonyl (C=O) groups is 2. The van der Waals surface area contributed by atoms with Crippen LogP contribution in [-0.4, -0.2) is 35.8 Å². The van der Waals surface area contributed by atoms with Gasteiger partial charge >= 0.3 is 0 Å². The number of benzene rings is 3. The van der Waals surface area contributed by atoms with Crippen molar-refractivity contribution < 1.29 is 9.59 Å². The first-order chi connectivity index (χ1) is 16.8. The van der Waals surface area contributed by atoms with Crippen molar-refractivity contribution in [3.63, 3.8) is 0 Å².